The molecule has 0 unspecified atom stereocenters. The number of furan rings is 1. The summed E-state index contributed by atoms with van der Waals surface area (Å²) in [6.45, 7) is 0.265. The number of nitrogens with one attached hydrogen (secondary N) is 2. The molecule has 1 fully saturated rings. The van der Waals surface area contributed by atoms with Gasteiger partial charge in [0.2, 0.25) is 5.82 Å². The van der Waals surface area contributed by atoms with Crippen LogP contribution in [-0.4, -0.2) is 27.2 Å². The van der Waals surface area contributed by atoms with Crippen molar-refractivity contribution in [2.75, 3.05) is 0 Å². The van der Waals surface area contributed by atoms with Crippen LogP contribution in [0.3, 0.4) is 0 Å². The average Bonchev–Trinajstić information content (AvgIpc) is 3.29. The number of rotatable bonds is 5. The summed E-state index contributed by atoms with van der Waals surface area (Å²) in [5, 5.41) is 5.90. The molecule has 7 nitrogen and oxygen atoms in total. The van der Waals surface area contributed by atoms with Gasteiger partial charge in [0.25, 0.3) is 11.8 Å². The van der Waals surface area contributed by atoms with Crippen LogP contribution in [0.2, 0.25) is 0 Å². The second kappa shape index (κ2) is 8.29. The van der Waals surface area contributed by atoms with E-state index in [2.05, 4.69) is 15.6 Å². The normalized spacial score (nSPS) is 15.3. The Labute approximate surface area is 163 Å². The molecule has 0 bridgehead atoms. The molecule has 3 aromatic heterocycles. The van der Waals surface area contributed by atoms with E-state index in [9.17, 15) is 9.59 Å². The Morgan fingerprint density at radius 2 is 1.89 bits per heavy atom. The van der Waals surface area contributed by atoms with E-state index in [1.165, 1.54) is 12.8 Å². The first-order valence-corrected chi connectivity index (χ1v) is 9.81. The summed E-state index contributed by atoms with van der Waals surface area (Å²) >= 11 is 0. The third-order valence-electron chi connectivity index (χ3n) is 5.16. The van der Waals surface area contributed by atoms with Crippen LogP contribution in [0.5, 0.6) is 0 Å². The Balaban J connectivity index is 1.55. The molecule has 0 atom stereocenters. The minimum absolute atomic E-state index is 0.169. The van der Waals surface area contributed by atoms with E-state index in [0.717, 1.165) is 25.7 Å². The molecule has 2 amide bonds. The smallest absolute Gasteiger partial charge is 0.287 e. The zero-order valence-electron chi connectivity index (χ0n) is 15.7. The van der Waals surface area contributed by atoms with Gasteiger partial charge < -0.3 is 15.1 Å². The maximum absolute atomic E-state index is 12.9. The number of imidazole rings is 1. The summed E-state index contributed by atoms with van der Waals surface area (Å²) in [4.78, 5) is 29.9. The first-order chi connectivity index (χ1) is 13.7. The first-order valence-electron chi connectivity index (χ1n) is 9.81. The summed E-state index contributed by atoms with van der Waals surface area (Å²) in [7, 11) is 0. The van der Waals surface area contributed by atoms with Gasteiger partial charge >= 0.3 is 0 Å². The molecule has 2 N–H and O–H groups in total. The SMILES string of the molecule is O=C(NCc1ccco1)c1nc(C(=O)NC2CCCCCC2)n2ccccc12. The number of pyridine rings is 1. The van der Waals surface area contributed by atoms with Gasteiger partial charge in [0.05, 0.1) is 18.3 Å². The molecule has 1 saturated carbocycles. The summed E-state index contributed by atoms with van der Waals surface area (Å²) < 4.78 is 6.92. The van der Waals surface area contributed by atoms with E-state index in [4.69, 9.17) is 4.42 Å². The van der Waals surface area contributed by atoms with Gasteiger partial charge in [0.15, 0.2) is 5.69 Å². The Hall–Kier alpha value is -3.09. The monoisotopic (exact) mass is 380 g/mol. The largest absolute Gasteiger partial charge is 0.467 e. The number of nitrogens with zero attached hydrogens (tertiary/aromatic N) is 2. The second-order valence-electron chi connectivity index (χ2n) is 7.16. The molecule has 7 heteroatoms. The number of amides is 2. The predicted octanol–water partition coefficient (Wildman–Crippen LogP) is 3.31. The summed E-state index contributed by atoms with van der Waals surface area (Å²) in [5.41, 5.74) is 0.837. The standard InChI is InChI=1S/C21H24N4O3/c26-20(22-14-16-10-7-13-28-16)18-17-11-5-6-12-25(17)19(24-18)21(27)23-15-8-3-1-2-4-9-15/h5-7,10-13,15H,1-4,8-9,14H2,(H,22,26)(H,23,27). The molecule has 146 valence electrons. The fraction of sp³-hybridized carbons (Fsp3) is 0.381. The lowest BCUT2D eigenvalue weighted by atomic mass is 10.1. The highest BCUT2D eigenvalue weighted by molar-refractivity contribution is 6.02. The number of hydrogen-bond acceptors (Lipinski definition) is 4. The van der Waals surface area contributed by atoms with Gasteiger partial charge in [-0.15, -0.1) is 0 Å². The highest BCUT2D eigenvalue weighted by Gasteiger charge is 2.23. The number of fused-ring (bicyclic) bond motifs is 1. The minimum Gasteiger partial charge on any atom is -0.467 e. The highest BCUT2D eigenvalue weighted by Crippen LogP contribution is 2.19. The molecule has 1 aliphatic carbocycles. The Bertz CT molecular complexity index is 953. The van der Waals surface area contributed by atoms with E-state index in [1.807, 2.05) is 12.1 Å². The Morgan fingerprint density at radius 1 is 1.07 bits per heavy atom. The summed E-state index contributed by atoms with van der Waals surface area (Å²) in [5.74, 6) is 0.318. The van der Waals surface area contributed by atoms with E-state index in [-0.39, 0.29) is 35.9 Å². The van der Waals surface area contributed by atoms with Crippen molar-refractivity contribution in [2.45, 2.75) is 51.1 Å². The van der Waals surface area contributed by atoms with Crippen molar-refractivity contribution < 1.29 is 14.0 Å². The van der Waals surface area contributed by atoms with Gasteiger partial charge in [-0.3, -0.25) is 14.0 Å². The molecule has 3 aromatic rings. The maximum atomic E-state index is 12.9. The summed E-state index contributed by atoms with van der Waals surface area (Å²) in [6.07, 6.45) is 10.0. The van der Waals surface area contributed by atoms with Gasteiger partial charge in [0.1, 0.15) is 5.76 Å². The third-order valence-corrected chi connectivity index (χ3v) is 5.16. The quantitative estimate of drug-likeness (QED) is 0.665. The lowest BCUT2D eigenvalue weighted by Gasteiger charge is -2.15. The molecule has 0 aromatic carbocycles. The molecule has 3 heterocycles. The van der Waals surface area contributed by atoms with Crippen LogP contribution in [-0.2, 0) is 6.54 Å². The van der Waals surface area contributed by atoms with Crippen molar-refractivity contribution in [1.82, 2.24) is 20.0 Å². The first kappa shape index (κ1) is 18.3. The fourth-order valence-corrected chi connectivity index (χ4v) is 3.70. The predicted molar refractivity (Wildman–Crippen MR) is 104 cm³/mol. The van der Waals surface area contributed by atoms with Crippen LogP contribution in [0, 0.1) is 0 Å². The number of carbonyl (C=O) groups is 2. The van der Waals surface area contributed by atoms with Crippen LogP contribution >= 0.6 is 0 Å². The minimum atomic E-state index is -0.339. The lowest BCUT2D eigenvalue weighted by Crippen LogP contribution is -2.35. The van der Waals surface area contributed by atoms with Crippen molar-refractivity contribution in [1.29, 1.82) is 0 Å². The molecular formula is C21H24N4O3. The van der Waals surface area contributed by atoms with Crippen LogP contribution in [0.15, 0.2) is 47.2 Å². The molecule has 0 spiro atoms. The van der Waals surface area contributed by atoms with Crippen molar-refractivity contribution >= 4 is 17.3 Å². The topological polar surface area (TPSA) is 88.6 Å². The molecular weight excluding hydrogens is 356 g/mol. The number of carbonyl (C=O) groups excluding carboxylic acids is 2. The molecule has 1 aliphatic rings. The molecule has 0 saturated heterocycles. The van der Waals surface area contributed by atoms with E-state index in [0.29, 0.717) is 11.3 Å². The molecule has 28 heavy (non-hydrogen) atoms. The average molecular weight is 380 g/mol. The number of hydrogen-bond donors (Lipinski definition) is 2. The van der Waals surface area contributed by atoms with Crippen LogP contribution < -0.4 is 10.6 Å². The van der Waals surface area contributed by atoms with Crippen LogP contribution in [0.25, 0.3) is 5.52 Å². The van der Waals surface area contributed by atoms with Gasteiger partial charge in [-0.05, 0) is 37.1 Å². The fourth-order valence-electron chi connectivity index (χ4n) is 3.70. The molecule has 0 aliphatic heterocycles. The van der Waals surface area contributed by atoms with Crippen molar-refractivity contribution in [2.24, 2.45) is 0 Å². The third kappa shape index (κ3) is 3.93. The maximum Gasteiger partial charge on any atom is 0.287 e. The molecule has 4 rings (SSSR count). The molecule has 0 radical (unpaired) electrons. The van der Waals surface area contributed by atoms with Crippen molar-refractivity contribution in [3.8, 4) is 0 Å². The van der Waals surface area contributed by atoms with Crippen molar-refractivity contribution in [3.63, 3.8) is 0 Å². The van der Waals surface area contributed by atoms with Gasteiger partial charge in [-0.25, -0.2) is 4.98 Å². The zero-order chi connectivity index (χ0) is 19.3. The van der Waals surface area contributed by atoms with E-state index < -0.39 is 0 Å². The second-order valence-corrected chi connectivity index (χ2v) is 7.16. The van der Waals surface area contributed by atoms with Gasteiger partial charge in [-0.1, -0.05) is 31.7 Å². The lowest BCUT2D eigenvalue weighted by molar-refractivity contribution is 0.0922. The van der Waals surface area contributed by atoms with E-state index >= 15 is 0 Å². The highest BCUT2D eigenvalue weighted by atomic mass is 16.3. The van der Waals surface area contributed by atoms with Crippen LogP contribution in [0.4, 0.5) is 0 Å². The zero-order valence-corrected chi connectivity index (χ0v) is 15.7. The Morgan fingerprint density at radius 3 is 2.64 bits per heavy atom. The van der Waals surface area contributed by atoms with Crippen LogP contribution in [0.1, 0.15) is 65.4 Å². The van der Waals surface area contributed by atoms with Gasteiger partial charge in [-0.2, -0.15) is 0 Å². The van der Waals surface area contributed by atoms with Crippen molar-refractivity contribution in [3.05, 3.63) is 60.1 Å². The number of aromatic nitrogens is 2. The van der Waals surface area contributed by atoms with E-state index in [1.54, 1.807) is 35.1 Å². The van der Waals surface area contributed by atoms with Gasteiger partial charge in [0, 0.05) is 12.2 Å². The Kier molecular flexibility index (Phi) is 5.41. The summed E-state index contributed by atoms with van der Waals surface area (Å²) in [6, 6.07) is 9.16.